The van der Waals surface area contributed by atoms with Gasteiger partial charge in [0.15, 0.2) is 0 Å². The van der Waals surface area contributed by atoms with Gasteiger partial charge in [-0.25, -0.2) is 4.79 Å². The second kappa shape index (κ2) is 8.88. The Labute approximate surface area is 181 Å². The number of amides is 1. The molecule has 1 amide bonds. The maximum absolute atomic E-state index is 12.8. The monoisotopic (exact) mass is 427 g/mol. The highest BCUT2D eigenvalue weighted by molar-refractivity contribution is 7.15. The second-order valence-electron chi connectivity index (χ2n) is 8.28. The SMILES string of the molecule is COC(=O)c1c(-c2cc(C)ccc2C)csc1NC(=O)CN1CCN2CCCC2C1. The number of benzene rings is 1. The third kappa shape index (κ3) is 4.29. The number of rotatable bonds is 5. The van der Waals surface area contributed by atoms with Crippen LogP contribution in [0.2, 0.25) is 0 Å². The average Bonchev–Trinajstić information content (AvgIpc) is 3.35. The van der Waals surface area contributed by atoms with E-state index in [4.69, 9.17) is 4.74 Å². The summed E-state index contributed by atoms with van der Waals surface area (Å²) in [5.41, 5.74) is 4.43. The van der Waals surface area contributed by atoms with Crippen molar-refractivity contribution in [2.45, 2.75) is 32.7 Å². The first kappa shape index (κ1) is 21.0. The van der Waals surface area contributed by atoms with Crippen molar-refractivity contribution in [3.8, 4) is 11.1 Å². The number of hydrogen-bond donors (Lipinski definition) is 1. The molecule has 4 rings (SSSR count). The van der Waals surface area contributed by atoms with E-state index in [0.29, 0.717) is 23.2 Å². The molecule has 0 spiro atoms. The molecule has 160 valence electrons. The minimum Gasteiger partial charge on any atom is -0.465 e. The van der Waals surface area contributed by atoms with Gasteiger partial charge in [-0.15, -0.1) is 11.3 Å². The summed E-state index contributed by atoms with van der Waals surface area (Å²) in [5, 5.41) is 5.47. The van der Waals surface area contributed by atoms with E-state index in [2.05, 4.69) is 27.2 Å². The third-order valence-corrected chi connectivity index (χ3v) is 7.05. The molecule has 2 aliphatic rings. The summed E-state index contributed by atoms with van der Waals surface area (Å²) in [7, 11) is 1.37. The fraction of sp³-hybridized carbons (Fsp3) is 0.478. The number of esters is 1. The molecule has 2 saturated heterocycles. The van der Waals surface area contributed by atoms with Crippen molar-refractivity contribution in [1.82, 2.24) is 9.80 Å². The number of thiophene rings is 1. The molecule has 2 aromatic rings. The first-order chi connectivity index (χ1) is 14.5. The Morgan fingerprint density at radius 2 is 2.03 bits per heavy atom. The van der Waals surface area contributed by atoms with E-state index >= 15 is 0 Å². The van der Waals surface area contributed by atoms with Gasteiger partial charge in [0.25, 0.3) is 0 Å². The lowest BCUT2D eigenvalue weighted by Crippen LogP contribution is -2.51. The molecule has 1 N–H and O–H groups in total. The van der Waals surface area contributed by atoms with E-state index in [0.717, 1.165) is 41.9 Å². The Morgan fingerprint density at radius 1 is 1.20 bits per heavy atom. The Bertz CT molecular complexity index is 955. The van der Waals surface area contributed by atoms with Gasteiger partial charge in [-0.2, -0.15) is 0 Å². The number of fused-ring (bicyclic) bond motifs is 1. The van der Waals surface area contributed by atoms with Crippen LogP contribution in [0.25, 0.3) is 11.1 Å². The van der Waals surface area contributed by atoms with Crippen molar-refractivity contribution in [3.05, 3.63) is 40.3 Å². The predicted octanol–water partition coefficient (Wildman–Crippen LogP) is 3.54. The smallest absolute Gasteiger partial charge is 0.341 e. The normalized spacial score (nSPS) is 19.5. The van der Waals surface area contributed by atoms with Crippen molar-refractivity contribution in [2.24, 2.45) is 0 Å². The quantitative estimate of drug-likeness (QED) is 0.740. The summed E-state index contributed by atoms with van der Waals surface area (Å²) in [6.45, 7) is 8.46. The van der Waals surface area contributed by atoms with E-state index in [9.17, 15) is 9.59 Å². The number of anilines is 1. The van der Waals surface area contributed by atoms with Crippen molar-refractivity contribution in [1.29, 1.82) is 0 Å². The summed E-state index contributed by atoms with van der Waals surface area (Å²) < 4.78 is 5.05. The highest BCUT2D eigenvalue weighted by Crippen LogP contribution is 2.38. The Kier molecular flexibility index (Phi) is 6.22. The maximum atomic E-state index is 12.8. The maximum Gasteiger partial charge on any atom is 0.341 e. The van der Waals surface area contributed by atoms with Crippen molar-refractivity contribution in [3.63, 3.8) is 0 Å². The standard InChI is InChI=1S/C23H29N3O3S/c1-15-6-7-16(2)18(11-15)19-14-30-22(21(19)23(28)29-3)24-20(27)13-25-9-10-26-8-4-5-17(26)12-25/h6-7,11,14,17H,4-5,8-10,12-13H2,1-3H3,(H,24,27). The number of piperazine rings is 1. The molecular formula is C23H29N3O3S. The molecule has 3 heterocycles. The van der Waals surface area contributed by atoms with Gasteiger partial charge in [-0.1, -0.05) is 23.8 Å². The number of nitrogens with zero attached hydrogens (tertiary/aromatic N) is 2. The Morgan fingerprint density at radius 3 is 2.83 bits per heavy atom. The topological polar surface area (TPSA) is 61.9 Å². The number of ether oxygens (including phenoxy) is 1. The fourth-order valence-corrected chi connectivity index (χ4v) is 5.51. The number of hydrogen-bond acceptors (Lipinski definition) is 6. The number of nitrogens with one attached hydrogen (secondary N) is 1. The van der Waals surface area contributed by atoms with Crippen LogP contribution in [0, 0.1) is 13.8 Å². The highest BCUT2D eigenvalue weighted by Gasteiger charge is 2.31. The number of methoxy groups -OCH3 is 1. The Hall–Kier alpha value is -2.22. The largest absolute Gasteiger partial charge is 0.465 e. The van der Waals surface area contributed by atoms with E-state index in [1.165, 1.54) is 37.8 Å². The molecule has 30 heavy (non-hydrogen) atoms. The van der Waals surface area contributed by atoms with Crippen LogP contribution in [0.1, 0.15) is 34.3 Å². The van der Waals surface area contributed by atoms with Gasteiger partial charge >= 0.3 is 5.97 Å². The zero-order valence-electron chi connectivity index (χ0n) is 17.9. The summed E-state index contributed by atoms with van der Waals surface area (Å²) in [6, 6.07) is 6.74. The Balaban J connectivity index is 1.52. The van der Waals surface area contributed by atoms with Gasteiger partial charge in [-0.05, 0) is 44.4 Å². The number of carbonyl (C=O) groups is 2. The molecular weight excluding hydrogens is 398 g/mol. The minimum atomic E-state index is -0.429. The molecule has 1 aromatic heterocycles. The molecule has 1 unspecified atom stereocenters. The van der Waals surface area contributed by atoms with Crippen LogP contribution in [0.4, 0.5) is 5.00 Å². The van der Waals surface area contributed by atoms with Crippen molar-refractivity contribution < 1.29 is 14.3 Å². The lowest BCUT2D eigenvalue weighted by atomic mass is 9.97. The van der Waals surface area contributed by atoms with Gasteiger partial charge in [0.05, 0.1) is 13.7 Å². The molecule has 7 heteroatoms. The van der Waals surface area contributed by atoms with Gasteiger partial charge in [0, 0.05) is 36.6 Å². The molecule has 2 fully saturated rings. The van der Waals surface area contributed by atoms with Crippen LogP contribution in [0.5, 0.6) is 0 Å². The van der Waals surface area contributed by atoms with Crippen LogP contribution in [-0.2, 0) is 9.53 Å². The molecule has 0 radical (unpaired) electrons. The lowest BCUT2D eigenvalue weighted by Gasteiger charge is -2.37. The zero-order chi connectivity index (χ0) is 21.3. The molecule has 1 aromatic carbocycles. The molecule has 2 aliphatic heterocycles. The molecule has 0 aliphatic carbocycles. The van der Waals surface area contributed by atoms with Gasteiger partial charge < -0.3 is 10.1 Å². The number of aryl methyl sites for hydroxylation is 2. The summed E-state index contributed by atoms with van der Waals surface area (Å²) in [4.78, 5) is 30.1. The van der Waals surface area contributed by atoms with Crippen molar-refractivity contribution in [2.75, 3.05) is 45.2 Å². The van der Waals surface area contributed by atoms with Gasteiger partial charge in [0.2, 0.25) is 5.91 Å². The van der Waals surface area contributed by atoms with Gasteiger partial charge in [0.1, 0.15) is 10.6 Å². The summed E-state index contributed by atoms with van der Waals surface area (Å²) >= 11 is 1.38. The molecule has 1 atom stereocenters. The molecule has 0 bridgehead atoms. The van der Waals surface area contributed by atoms with Crippen LogP contribution < -0.4 is 5.32 Å². The first-order valence-corrected chi connectivity index (χ1v) is 11.4. The fourth-order valence-electron chi connectivity index (χ4n) is 4.55. The minimum absolute atomic E-state index is 0.0824. The third-order valence-electron chi connectivity index (χ3n) is 6.16. The van der Waals surface area contributed by atoms with E-state index in [1.54, 1.807) is 0 Å². The summed E-state index contributed by atoms with van der Waals surface area (Å²) in [6.07, 6.45) is 2.47. The zero-order valence-corrected chi connectivity index (χ0v) is 18.7. The number of carbonyl (C=O) groups excluding carboxylic acids is 2. The van der Waals surface area contributed by atoms with Crippen LogP contribution >= 0.6 is 11.3 Å². The van der Waals surface area contributed by atoms with Crippen LogP contribution in [0.15, 0.2) is 23.6 Å². The van der Waals surface area contributed by atoms with Crippen LogP contribution in [-0.4, -0.2) is 67.6 Å². The van der Waals surface area contributed by atoms with Crippen molar-refractivity contribution >= 4 is 28.2 Å². The average molecular weight is 428 g/mol. The van der Waals surface area contributed by atoms with E-state index in [-0.39, 0.29) is 5.91 Å². The van der Waals surface area contributed by atoms with E-state index in [1.807, 2.05) is 25.3 Å². The summed E-state index contributed by atoms with van der Waals surface area (Å²) in [5.74, 6) is -0.511. The molecule has 6 nitrogen and oxygen atoms in total. The second-order valence-corrected chi connectivity index (χ2v) is 9.16. The van der Waals surface area contributed by atoms with Crippen LogP contribution in [0.3, 0.4) is 0 Å². The molecule has 0 saturated carbocycles. The predicted molar refractivity (Wildman–Crippen MR) is 120 cm³/mol. The first-order valence-electron chi connectivity index (χ1n) is 10.5. The lowest BCUT2D eigenvalue weighted by molar-refractivity contribution is -0.117. The highest BCUT2D eigenvalue weighted by atomic mass is 32.1. The van der Waals surface area contributed by atoms with Gasteiger partial charge in [-0.3, -0.25) is 14.6 Å². The van der Waals surface area contributed by atoms with E-state index < -0.39 is 5.97 Å².